The van der Waals surface area contributed by atoms with Gasteiger partial charge in [-0.25, -0.2) is 4.39 Å². The molecule has 1 atom stereocenters. The number of rotatable bonds is 7. The summed E-state index contributed by atoms with van der Waals surface area (Å²) in [5.74, 6) is -0.454. The zero-order chi connectivity index (χ0) is 23.4. The van der Waals surface area contributed by atoms with Gasteiger partial charge in [-0.3, -0.25) is 4.79 Å². The molecule has 0 spiro atoms. The van der Waals surface area contributed by atoms with Gasteiger partial charge in [0.05, 0.1) is 23.2 Å². The molecule has 1 aliphatic heterocycles. The van der Waals surface area contributed by atoms with Gasteiger partial charge in [-0.05, 0) is 30.7 Å². The molecule has 0 fully saturated rings. The number of aromatic nitrogens is 2. The number of aliphatic hydroxyl groups is 1. The Morgan fingerprint density at radius 1 is 1.21 bits per heavy atom. The van der Waals surface area contributed by atoms with Gasteiger partial charge in [0.1, 0.15) is 18.2 Å². The van der Waals surface area contributed by atoms with Crippen molar-refractivity contribution in [1.29, 1.82) is 0 Å². The standard InChI is InChI=1S/C24H24FN5O3/c1-2-9-27-23(31)20-21(26)17-5-3-4-16(22(17)30-24(20)32)18-11-15(6-7-19(18)25)33-13-14-8-10-28-29-12-14/h3-8,10-12,24,30,32H,2,9,13,26H2,1H3,(H,27,31). The van der Waals surface area contributed by atoms with Crippen molar-refractivity contribution in [3.05, 3.63) is 77.4 Å². The third kappa shape index (κ3) is 4.63. The Labute approximate surface area is 190 Å². The lowest BCUT2D eigenvalue weighted by atomic mass is 9.92. The number of para-hydroxylation sites is 1. The summed E-state index contributed by atoms with van der Waals surface area (Å²) in [7, 11) is 0. The van der Waals surface area contributed by atoms with Gasteiger partial charge in [0.25, 0.3) is 5.91 Å². The van der Waals surface area contributed by atoms with Crippen LogP contribution in [0.5, 0.6) is 5.75 Å². The Balaban J connectivity index is 1.69. The summed E-state index contributed by atoms with van der Waals surface area (Å²) < 4.78 is 20.6. The second-order valence-corrected chi connectivity index (χ2v) is 7.54. The van der Waals surface area contributed by atoms with Crippen LogP contribution in [0.4, 0.5) is 10.1 Å². The van der Waals surface area contributed by atoms with Crippen LogP contribution in [0.3, 0.4) is 0 Å². The summed E-state index contributed by atoms with van der Waals surface area (Å²) in [5.41, 5.74) is 8.97. The fourth-order valence-corrected chi connectivity index (χ4v) is 3.61. The maximum atomic E-state index is 14.9. The highest BCUT2D eigenvalue weighted by molar-refractivity contribution is 6.06. The maximum absolute atomic E-state index is 14.9. The lowest BCUT2D eigenvalue weighted by Gasteiger charge is -2.28. The predicted molar refractivity (Wildman–Crippen MR) is 122 cm³/mol. The van der Waals surface area contributed by atoms with Crippen molar-refractivity contribution >= 4 is 17.3 Å². The zero-order valence-electron chi connectivity index (χ0n) is 18.0. The van der Waals surface area contributed by atoms with E-state index in [0.717, 1.165) is 12.0 Å². The lowest BCUT2D eigenvalue weighted by molar-refractivity contribution is -0.118. The van der Waals surface area contributed by atoms with Crippen molar-refractivity contribution in [3.63, 3.8) is 0 Å². The average Bonchev–Trinajstić information content (AvgIpc) is 2.82. The number of hydrogen-bond donors (Lipinski definition) is 4. The summed E-state index contributed by atoms with van der Waals surface area (Å²) in [6.07, 6.45) is 2.57. The third-order valence-corrected chi connectivity index (χ3v) is 5.26. The lowest BCUT2D eigenvalue weighted by Crippen LogP contribution is -2.38. The third-order valence-electron chi connectivity index (χ3n) is 5.26. The topological polar surface area (TPSA) is 122 Å². The molecule has 1 unspecified atom stereocenters. The van der Waals surface area contributed by atoms with Gasteiger partial charge in [-0.2, -0.15) is 10.2 Å². The van der Waals surface area contributed by atoms with Crippen molar-refractivity contribution in [3.8, 4) is 16.9 Å². The van der Waals surface area contributed by atoms with Crippen molar-refractivity contribution in [1.82, 2.24) is 15.5 Å². The predicted octanol–water partition coefficient (Wildman–Crippen LogP) is 2.80. The first kappa shape index (κ1) is 22.2. The largest absolute Gasteiger partial charge is 0.489 e. The van der Waals surface area contributed by atoms with Gasteiger partial charge in [-0.1, -0.05) is 25.1 Å². The van der Waals surface area contributed by atoms with Gasteiger partial charge in [0.2, 0.25) is 0 Å². The monoisotopic (exact) mass is 449 g/mol. The smallest absolute Gasteiger partial charge is 0.253 e. The molecule has 3 aromatic rings. The molecule has 4 rings (SSSR count). The molecule has 0 saturated carbocycles. The summed E-state index contributed by atoms with van der Waals surface area (Å²) in [6.45, 7) is 2.63. The number of carbonyl (C=O) groups excluding carboxylic acids is 1. The molecule has 170 valence electrons. The van der Waals surface area contributed by atoms with Crippen LogP contribution in [-0.4, -0.2) is 34.0 Å². The number of amides is 1. The summed E-state index contributed by atoms with van der Waals surface area (Å²) in [6, 6.07) is 11.4. The summed E-state index contributed by atoms with van der Waals surface area (Å²) >= 11 is 0. The van der Waals surface area contributed by atoms with Crippen molar-refractivity contribution < 1.29 is 19.0 Å². The van der Waals surface area contributed by atoms with Crippen LogP contribution in [0.1, 0.15) is 24.5 Å². The number of halogens is 1. The number of carbonyl (C=O) groups is 1. The fraction of sp³-hybridized carbons (Fsp3) is 0.208. The van der Waals surface area contributed by atoms with E-state index in [0.29, 0.717) is 29.1 Å². The number of benzene rings is 2. The van der Waals surface area contributed by atoms with E-state index in [1.165, 1.54) is 12.1 Å². The normalized spacial score (nSPS) is 14.9. The molecular formula is C24H24FN5O3. The quantitative estimate of drug-likeness (QED) is 0.437. The molecule has 0 radical (unpaired) electrons. The molecule has 8 nitrogen and oxygen atoms in total. The van der Waals surface area contributed by atoms with Crippen LogP contribution >= 0.6 is 0 Å². The van der Waals surface area contributed by atoms with E-state index in [4.69, 9.17) is 10.5 Å². The van der Waals surface area contributed by atoms with Gasteiger partial charge in [-0.15, -0.1) is 0 Å². The number of anilines is 1. The molecule has 0 saturated heterocycles. The summed E-state index contributed by atoms with van der Waals surface area (Å²) in [4.78, 5) is 12.5. The molecule has 9 heteroatoms. The van der Waals surface area contributed by atoms with E-state index < -0.39 is 18.0 Å². The van der Waals surface area contributed by atoms with E-state index in [9.17, 15) is 14.3 Å². The minimum Gasteiger partial charge on any atom is -0.489 e. The molecular weight excluding hydrogens is 425 g/mol. The second-order valence-electron chi connectivity index (χ2n) is 7.54. The van der Waals surface area contributed by atoms with Gasteiger partial charge >= 0.3 is 0 Å². The van der Waals surface area contributed by atoms with Crippen LogP contribution < -0.4 is 21.1 Å². The van der Waals surface area contributed by atoms with E-state index in [1.807, 2.05) is 6.92 Å². The highest BCUT2D eigenvalue weighted by Gasteiger charge is 2.30. The second kappa shape index (κ2) is 9.66. The zero-order valence-corrected chi connectivity index (χ0v) is 18.0. The van der Waals surface area contributed by atoms with Gasteiger partial charge in [0.15, 0.2) is 6.23 Å². The van der Waals surface area contributed by atoms with Crippen LogP contribution in [0, 0.1) is 5.82 Å². The molecule has 1 amide bonds. The number of nitrogens with two attached hydrogens (primary N) is 1. The van der Waals surface area contributed by atoms with Crippen LogP contribution in [0.25, 0.3) is 16.8 Å². The first-order valence-corrected chi connectivity index (χ1v) is 10.5. The van der Waals surface area contributed by atoms with Crippen molar-refractivity contribution in [2.24, 2.45) is 5.73 Å². The number of nitrogens with zero attached hydrogens (tertiary/aromatic N) is 2. The number of nitrogens with one attached hydrogen (secondary N) is 2. The molecule has 1 aliphatic rings. The minimum absolute atomic E-state index is 0.0385. The van der Waals surface area contributed by atoms with Crippen molar-refractivity contribution in [2.75, 3.05) is 11.9 Å². The first-order valence-electron chi connectivity index (χ1n) is 10.5. The van der Waals surface area contributed by atoms with Crippen molar-refractivity contribution in [2.45, 2.75) is 26.2 Å². The molecule has 2 aromatic carbocycles. The fourth-order valence-electron chi connectivity index (χ4n) is 3.61. The number of fused-ring (bicyclic) bond motifs is 1. The Bertz CT molecular complexity index is 1200. The van der Waals surface area contributed by atoms with Crippen LogP contribution in [-0.2, 0) is 11.4 Å². The summed E-state index contributed by atoms with van der Waals surface area (Å²) in [5, 5.41) is 23.8. The number of hydrogen-bond acceptors (Lipinski definition) is 7. The van der Waals surface area contributed by atoms with Gasteiger partial charge in [0, 0.05) is 35.0 Å². The highest BCUT2D eigenvalue weighted by Crippen LogP contribution is 2.40. The number of ether oxygens (including phenoxy) is 1. The maximum Gasteiger partial charge on any atom is 0.253 e. The van der Waals surface area contributed by atoms with Gasteiger partial charge < -0.3 is 26.2 Å². The SMILES string of the molecule is CCCNC(=O)C1=C(N)c2cccc(-c3cc(OCc4ccnnc4)ccc3F)c2NC1O. The van der Waals surface area contributed by atoms with Crippen LogP contribution in [0.2, 0.25) is 0 Å². The molecule has 33 heavy (non-hydrogen) atoms. The Morgan fingerprint density at radius 2 is 2.03 bits per heavy atom. The average molecular weight is 449 g/mol. The Hall–Kier alpha value is -3.98. The van der Waals surface area contributed by atoms with Crippen LogP contribution in [0.15, 0.2) is 60.4 Å². The van der Waals surface area contributed by atoms with E-state index in [1.54, 1.807) is 42.7 Å². The molecule has 0 bridgehead atoms. The molecule has 0 aliphatic carbocycles. The minimum atomic E-state index is -1.34. The number of aliphatic hydroxyl groups excluding tert-OH is 1. The van der Waals surface area contributed by atoms with E-state index in [-0.39, 0.29) is 23.4 Å². The molecule has 5 N–H and O–H groups in total. The Kier molecular flexibility index (Phi) is 6.50. The Morgan fingerprint density at radius 3 is 2.79 bits per heavy atom. The van der Waals surface area contributed by atoms with E-state index >= 15 is 0 Å². The highest BCUT2D eigenvalue weighted by atomic mass is 19.1. The molecule has 2 heterocycles. The first-order chi connectivity index (χ1) is 16.0. The molecule has 1 aromatic heterocycles. The van der Waals surface area contributed by atoms with E-state index in [2.05, 4.69) is 20.8 Å².